The van der Waals surface area contributed by atoms with Gasteiger partial charge in [0.1, 0.15) is 0 Å². The van der Waals surface area contributed by atoms with E-state index >= 15 is 0 Å². The van der Waals surface area contributed by atoms with Gasteiger partial charge < -0.3 is 11.5 Å². The van der Waals surface area contributed by atoms with Crippen LogP contribution >= 0.6 is 12.2 Å². The van der Waals surface area contributed by atoms with E-state index in [2.05, 4.69) is 30.3 Å². The fourth-order valence-electron chi connectivity index (χ4n) is 1.72. The Labute approximate surface area is 100 Å². The molecule has 2 rings (SSSR count). The third kappa shape index (κ3) is 2.38. The first kappa shape index (κ1) is 11.0. The van der Waals surface area contributed by atoms with Crippen molar-refractivity contribution in [2.75, 3.05) is 0 Å². The van der Waals surface area contributed by atoms with Crippen LogP contribution in [0.15, 0.2) is 42.5 Å². The van der Waals surface area contributed by atoms with Crippen molar-refractivity contribution in [3.63, 3.8) is 0 Å². The van der Waals surface area contributed by atoms with Gasteiger partial charge in [-0.3, -0.25) is 0 Å². The summed E-state index contributed by atoms with van der Waals surface area (Å²) in [5.41, 5.74) is 12.5. The van der Waals surface area contributed by atoms with Crippen molar-refractivity contribution >= 4 is 28.0 Å². The van der Waals surface area contributed by atoms with E-state index in [1.165, 1.54) is 16.3 Å². The van der Waals surface area contributed by atoms with E-state index in [-0.39, 0.29) is 6.04 Å². The van der Waals surface area contributed by atoms with Crippen LogP contribution in [0, 0.1) is 0 Å². The topological polar surface area (TPSA) is 52.0 Å². The summed E-state index contributed by atoms with van der Waals surface area (Å²) in [4.78, 5) is 0.369. The van der Waals surface area contributed by atoms with Crippen LogP contribution in [0.25, 0.3) is 10.8 Å². The normalized spacial score (nSPS) is 12.6. The monoisotopic (exact) mass is 230 g/mol. The largest absolute Gasteiger partial charge is 0.392 e. The summed E-state index contributed by atoms with van der Waals surface area (Å²) in [7, 11) is 0. The lowest BCUT2D eigenvalue weighted by molar-refractivity contribution is 0.854. The van der Waals surface area contributed by atoms with E-state index in [1.807, 2.05) is 12.1 Å². The van der Waals surface area contributed by atoms with Crippen molar-refractivity contribution in [2.24, 2.45) is 11.5 Å². The second-order valence-electron chi connectivity index (χ2n) is 3.89. The molecule has 0 fully saturated rings. The van der Waals surface area contributed by atoms with Crippen molar-refractivity contribution in [1.82, 2.24) is 0 Å². The van der Waals surface area contributed by atoms with E-state index < -0.39 is 0 Å². The van der Waals surface area contributed by atoms with E-state index in [0.717, 1.165) is 0 Å². The zero-order valence-electron chi connectivity index (χ0n) is 8.89. The van der Waals surface area contributed by atoms with E-state index in [0.29, 0.717) is 11.4 Å². The van der Waals surface area contributed by atoms with Gasteiger partial charge in [-0.05, 0) is 22.8 Å². The highest BCUT2D eigenvalue weighted by Crippen LogP contribution is 2.16. The molecule has 0 aliphatic heterocycles. The predicted molar refractivity (Wildman–Crippen MR) is 72.4 cm³/mol. The first-order valence-corrected chi connectivity index (χ1v) is 5.60. The van der Waals surface area contributed by atoms with Crippen molar-refractivity contribution in [2.45, 2.75) is 12.5 Å². The number of thiocarbonyl (C=S) groups is 1. The minimum absolute atomic E-state index is 0.240. The van der Waals surface area contributed by atoms with Crippen LogP contribution in [-0.4, -0.2) is 11.0 Å². The van der Waals surface area contributed by atoms with Crippen LogP contribution < -0.4 is 11.5 Å². The van der Waals surface area contributed by atoms with Gasteiger partial charge in [0.15, 0.2) is 0 Å². The summed E-state index contributed by atoms with van der Waals surface area (Å²) in [6, 6.07) is 14.3. The molecule has 2 aromatic rings. The molecule has 0 heterocycles. The van der Waals surface area contributed by atoms with E-state index in [1.54, 1.807) is 0 Å². The summed E-state index contributed by atoms with van der Waals surface area (Å²) in [6.07, 6.45) is 0.695. The van der Waals surface area contributed by atoms with Crippen LogP contribution in [0.1, 0.15) is 5.56 Å². The van der Waals surface area contributed by atoms with Crippen molar-refractivity contribution < 1.29 is 0 Å². The second kappa shape index (κ2) is 4.60. The molecule has 0 amide bonds. The molecule has 0 saturated carbocycles. The van der Waals surface area contributed by atoms with Gasteiger partial charge in [-0.25, -0.2) is 0 Å². The Bertz CT molecular complexity index is 522. The Morgan fingerprint density at radius 1 is 1.12 bits per heavy atom. The molecule has 0 aromatic heterocycles. The van der Waals surface area contributed by atoms with Gasteiger partial charge in [-0.1, -0.05) is 54.7 Å². The van der Waals surface area contributed by atoms with Crippen LogP contribution in [0.3, 0.4) is 0 Å². The highest BCUT2D eigenvalue weighted by molar-refractivity contribution is 7.80. The van der Waals surface area contributed by atoms with Crippen LogP contribution in [-0.2, 0) is 6.42 Å². The van der Waals surface area contributed by atoms with Crippen molar-refractivity contribution in [3.8, 4) is 0 Å². The molecular formula is C13H14N2S. The summed E-state index contributed by atoms with van der Waals surface area (Å²) in [5.74, 6) is 0. The van der Waals surface area contributed by atoms with Gasteiger partial charge in [0.25, 0.3) is 0 Å². The maximum Gasteiger partial charge on any atom is 0.0901 e. The Kier molecular flexibility index (Phi) is 3.17. The van der Waals surface area contributed by atoms with Crippen molar-refractivity contribution in [1.29, 1.82) is 0 Å². The second-order valence-corrected chi connectivity index (χ2v) is 4.37. The molecule has 0 unspecified atom stereocenters. The van der Waals surface area contributed by atoms with Gasteiger partial charge in [0.05, 0.1) is 11.0 Å². The highest BCUT2D eigenvalue weighted by atomic mass is 32.1. The Morgan fingerprint density at radius 2 is 1.81 bits per heavy atom. The SMILES string of the molecule is NC(=S)[C@H](N)Cc1ccc2ccccc2c1. The Morgan fingerprint density at radius 3 is 2.50 bits per heavy atom. The summed E-state index contributed by atoms with van der Waals surface area (Å²) < 4.78 is 0. The molecule has 0 bridgehead atoms. The van der Waals surface area contributed by atoms with Crippen molar-refractivity contribution in [3.05, 3.63) is 48.0 Å². The lowest BCUT2D eigenvalue weighted by atomic mass is 10.0. The smallest absolute Gasteiger partial charge is 0.0901 e. The summed E-state index contributed by atoms with van der Waals surface area (Å²) in [6.45, 7) is 0. The van der Waals surface area contributed by atoms with Gasteiger partial charge in [-0.15, -0.1) is 0 Å². The third-order valence-electron chi connectivity index (χ3n) is 2.63. The minimum Gasteiger partial charge on any atom is -0.392 e. The van der Waals surface area contributed by atoms with Gasteiger partial charge >= 0.3 is 0 Å². The molecule has 1 atom stereocenters. The average molecular weight is 230 g/mol. The van der Waals surface area contributed by atoms with E-state index in [4.69, 9.17) is 23.7 Å². The zero-order chi connectivity index (χ0) is 11.5. The fraction of sp³-hybridized carbons (Fsp3) is 0.154. The molecule has 0 saturated heterocycles. The first-order chi connectivity index (χ1) is 7.66. The maximum atomic E-state index is 5.83. The zero-order valence-corrected chi connectivity index (χ0v) is 9.71. The average Bonchev–Trinajstić information content (AvgIpc) is 2.28. The molecule has 0 aliphatic rings. The molecule has 0 radical (unpaired) electrons. The highest BCUT2D eigenvalue weighted by Gasteiger charge is 2.06. The number of hydrogen-bond acceptors (Lipinski definition) is 2. The minimum atomic E-state index is -0.240. The number of fused-ring (bicyclic) bond motifs is 1. The predicted octanol–water partition coefficient (Wildman–Crippen LogP) is 2.00. The molecule has 3 heteroatoms. The molecule has 2 aromatic carbocycles. The van der Waals surface area contributed by atoms with E-state index in [9.17, 15) is 0 Å². The van der Waals surface area contributed by atoms with Crippen LogP contribution in [0.4, 0.5) is 0 Å². The molecule has 2 nitrogen and oxygen atoms in total. The first-order valence-electron chi connectivity index (χ1n) is 5.19. The van der Waals surface area contributed by atoms with Gasteiger partial charge in [0.2, 0.25) is 0 Å². The molecule has 16 heavy (non-hydrogen) atoms. The fourth-order valence-corrected chi connectivity index (χ4v) is 1.80. The molecule has 0 spiro atoms. The third-order valence-corrected chi connectivity index (χ3v) is 2.94. The molecule has 4 N–H and O–H groups in total. The number of benzene rings is 2. The lowest BCUT2D eigenvalue weighted by Crippen LogP contribution is -2.36. The summed E-state index contributed by atoms with van der Waals surface area (Å²) in [5, 5.41) is 2.45. The van der Waals surface area contributed by atoms with Crippen LogP contribution in [0.2, 0.25) is 0 Å². The number of nitrogens with two attached hydrogens (primary N) is 2. The quantitative estimate of drug-likeness (QED) is 0.793. The standard InChI is InChI=1S/C13H14N2S/c14-12(13(15)16)8-9-5-6-10-3-1-2-4-11(10)7-9/h1-7,12H,8,14H2,(H2,15,16)/t12-/m1/s1. The molecular weight excluding hydrogens is 216 g/mol. The van der Waals surface area contributed by atoms with Gasteiger partial charge in [0, 0.05) is 0 Å². The summed E-state index contributed by atoms with van der Waals surface area (Å²) >= 11 is 4.87. The Balaban J connectivity index is 2.29. The van der Waals surface area contributed by atoms with Crippen LogP contribution in [0.5, 0.6) is 0 Å². The molecule has 0 aliphatic carbocycles. The number of hydrogen-bond donors (Lipinski definition) is 2. The Hall–Kier alpha value is -1.45. The molecule has 82 valence electrons. The maximum absolute atomic E-state index is 5.83. The van der Waals surface area contributed by atoms with Gasteiger partial charge in [-0.2, -0.15) is 0 Å². The number of rotatable bonds is 3. The lowest BCUT2D eigenvalue weighted by Gasteiger charge is -2.10.